The predicted molar refractivity (Wildman–Crippen MR) is 88.8 cm³/mol. The van der Waals surface area contributed by atoms with Gasteiger partial charge in [0.25, 0.3) is 5.91 Å². The summed E-state index contributed by atoms with van der Waals surface area (Å²) in [4.78, 5) is 32.2. The molecule has 0 saturated carbocycles. The van der Waals surface area contributed by atoms with Crippen LogP contribution in [0.4, 0.5) is 4.79 Å². The average Bonchev–Trinajstić information content (AvgIpc) is 3.24. The van der Waals surface area contributed by atoms with Gasteiger partial charge in [-0.05, 0) is 6.07 Å². The first-order valence-electron chi connectivity index (χ1n) is 8.26. The molecular formula is C17H19N5O3. The number of piperidine rings is 1. The van der Waals surface area contributed by atoms with Crippen molar-refractivity contribution in [3.8, 4) is 11.4 Å². The van der Waals surface area contributed by atoms with Gasteiger partial charge in [-0.15, -0.1) is 0 Å². The SMILES string of the molecule is CN1CC2(CCN(C(=O)c3ccccc3-c3ncn[nH]3)CC2)OC1=O. The molecule has 2 aliphatic heterocycles. The minimum Gasteiger partial charge on any atom is -0.441 e. The fourth-order valence-electron chi connectivity index (χ4n) is 3.55. The maximum Gasteiger partial charge on any atom is 0.410 e. The van der Waals surface area contributed by atoms with Crippen LogP contribution in [-0.4, -0.2) is 69.3 Å². The van der Waals surface area contributed by atoms with Gasteiger partial charge in [0, 0.05) is 38.5 Å². The Morgan fingerprint density at radius 1 is 1.28 bits per heavy atom. The van der Waals surface area contributed by atoms with Crippen LogP contribution >= 0.6 is 0 Å². The number of carbonyl (C=O) groups excluding carboxylic acids is 2. The lowest BCUT2D eigenvalue weighted by atomic mass is 9.91. The number of ether oxygens (including phenoxy) is 1. The van der Waals surface area contributed by atoms with E-state index in [1.807, 2.05) is 23.1 Å². The van der Waals surface area contributed by atoms with Crippen LogP contribution < -0.4 is 0 Å². The Balaban J connectivity index is 1.51. The molecule has 1 N–H and O–H groups in total. The van der Waals surface area contributed by atoms with E-state index in [0.717, 1.165) is 5.56 Å². The van der Waals surface area contributed by atoms with Crippen LogP contribution in [0.5, 0.6) is 0 Å². The molecule has 0 radical (unpaired) electrons. The van der Waals surface area contributed by atoms with Gasteiger partial charge in [0.05, 0.1) is 12.1 Å². The highest BCUT2D eigenvalue weighted by Gasteiger charge is 2.46. The summed E-state index contributed by atoms with van der Waals surface area (Å²) in [5.74, 6) is 0.531. The fraction of sp³-hybridized carbons (Fsp3) is 0.412. The summed E-state index contributed by atoms with van der Waals surface area (Å²) in [7, 11) is 1.74. The highest BCUT2D eigenvalue weighted by Crippen LogP contribution is 2.33. The van der Waals surface area contributed by atoms with Gasteiger partial charge in [0.2, 0.25) is 0 Å². The maximum absolute atomic E-state index is 13.0. The first kappa shape index (κ1) is 15.6. The zero-order valence-corrected chi connectivity index (χ0v) is 13.9. The minimum absolute atomic E-state index is 0.0421. The summed E-state index contributed by atoms with van der Waals surface area (Å²) in [6, 6.07) is 7.36. The number of likely N-dealkylation sites (N-methyl/N-ethyl adjacent to an activating group) is 1. The quantitative estimate of drug-likeness (QED) is 0.894. The van der Waals surface area contributed by atoms with Crippen molar-refractivity contribution >= 4 is 12.0 Å². The maximum atomic E-state index is 13.0. The molecule has 1 aromatic carbocycles. The molecule has 2 amide bonds. The van der Waals surface area contributed by atoms with E-state index in [9.17, 15) is 9.59 Å². The van der Waals surface area contributed by atoms with E-state index in [2.05, 4.69) is 15.2 Å². The topological polar surface area (TPSA) is 91.4 Å². The number of H-pyrrole nitrogens is 1. The molecule has 25 heavy (non-hydrogen) atoms. The number of aromatic nitrogens is 3. The van der Waals surface area contributed by atoms with Gasteiger partial charge >= 0.3 is 6.09 Å². The summed E-state index contributed by atoms with van der Waals surface area (Å²) in [6.07, 6.45) is 2.44. The van der Waals surface area contributed by atoms with E-state index in [-0.39, 0.29) is 12.0 Å². The van der Waals surface area contributed by atoms with Crippen LogP contribution in [0.3, 0.4) is 0 Å². The Kier molecular flexibility index (Phi) is 3.67. The van der Waals surface area contributed by atoms with Crippen LogP contribution in [0.25, 0.3) is 11.4 Å². The minimum atomic E-state index is -0.451. The van der Waals surface area contributed by atoms with Crippen LogP contribution in [0.1, 0.15) is 23.2 Å². The summed E-state index contributed by atoms with van der Waals surface area (Å²) in [6.45, 7) is 1.71. The van der Waals surface area contributed by atoms with Gasteiger partial charge in [-0.3, -0.25) is 9.89 Å². The molecule has 1 aromatic heterocycles. The number of nitrogens with zero attached hydrogens (tertiary/aromatic N) is 4. The molecule has 2 fully saturated rings. The Labute approximate surface area is 144 Å². The number of likely N-dealkylation sites (tertiary alicyclic amines) is 1. The van der Waals surface area contributed by atoms with Crippen LogP contribution in [0, 0.1) is 0 Å². The Bertz CT molecular complexity index is 796. The molecule has 8 nitrogen and oxygen atoms in total. The van der Waals surface area contributed by atoms with E-state index >= 15 is 0 Å². The fourth-order valence-corrected chi connectivity index (χ4v) is 3.55. The van der Waals surface area contributed by atoms with E-state index in [1.165, 1.54) is 6.33 Å². The van der Waals surface area contributed by atoms with Gasteiger partial charge in [0.1, 0.15) is 11.9 Å². The lowest BCUT2D eigenvalue weighted by Gasteiger charge is -2.37. The molecule has 0 atom stereocenters. The van der Waals surface area contributed by atoms with Crippen molar-refractivity contribution in [1.29, 1.82) is 0 Å². The van der Waals surface area contributed by atoms with Gasteiger partial charge in [-0.1, -0.05) is 18.2 Å². The second kappa shape index (κ2) is 5.87. The van der Waals surface area contributed by atoms with Crippen LogP contribution in [0.2, 0.25) is 0 Å². The largest absolute Gasteiger partial charge is 0.441 e. The highest BCUT2D eigenvalue weighted by atomic mass is 16.6. The first-order valence-corrected chi connectivity index (χ1v) is 8.26. The molecule has 0 unspecified atom stereocenters. The molecular weight excluding hydrogens is 322 g/mol. The van der Waals surface area contributed by atoms with E-state index in [4.69, 9.17) is 4.74 Å². The number of nitrogens with one attached hydrogen (secondary N) is 1. The number of hydrogen-bond acceptors (Lipinski definition) is 5. The zero-order chi connectivity index (χ0) is 17.4. The summed E-state index contributed by atoms with van der Waals surface area (Å²) in [5, 5.41) is 6.67. The highest BCUT2D eigenvalue weighted by molar-refractivity contribution is 6.00. The smallest absolute Gasteiger partial charge is 0.410 e. The lowest BCUT2D eigenvalue weighted by Crippen LogP contribution is -2.48. The Morgan fingerprint density at radius 3 is 2.68 bits per heavy atom. The normalized spacial score (nSPS) is 19.3. The summed E-state index contributed by atoms with van der Waals surface area (Å²) >= 11 is 0. The van der Waals surface area contributed by atoms with Crippen molar-refractivity contribution in [2.24, 2.45) is 0 Å². The molecule has 2 saturated heterocycles. The van der Waals surface area contributed by atoms with Crippen LogP contribution in [0.15, 0.2) is 30.6 Å². The van der Waals surface area contributed by atoms with Gasteiger partial charge in [0.15, 0.2) is 5.82 Å². The predicted octanol–water partition coefficient (Wildman–Crippen LogP) is 1.53. The molecule has 3 heterocycles. The third kappa shape index (κ3) is 2.73. The first-order chi connectivity index (χ1) is 12.1. The zero-order valence-electron chi connectivity index (χ0n) is 13.9. The summed E-state index contributed by atoms with van der Waals surface area (Å²) < 4.78 is 5.54. The molecule has 0 aliphatic carbocycles. The van der Waals surface area contributed by atoms with Gasteiger partial charge in [-0.2, -0.15) is 5.10 Å². The molecule has 2 aliphatic rings. The van der Waals surface area contributed by atoms with Gasteiger partial charge in [-0.25, -0.2) is 9.78 Å². The van der Waals surface area contributed by atoms with E-state index < -0.39 is 5.60 Å². The monoisotopic (exact) mass is 341 g/mol. The number of carbonyl (C=O) groups is 2. The standard InChI is InChI=1S/C17H19N5O3/c1-21-10-17(25-16(21)24)6-8-22(9-7-17)15(23)13-5-3-2-4-12(13)14-18-11-19-20-14/h2-5,11H,6-10H2,1H3,(H,18,19,20). The number of benzene rings is 1. The number of rotatable bonds is 2. The second-order valence-electron chi connectivity index (χ2n) is 6.58. The third-order valence-electron chi connectivity index (χ3n) is 4.93. The summed E-state index contributed by atoms with van der Waals surface area (Å²) in [5.41, 5.74) is 0.876. The van der Waals surface area contributed by atoms with Crippen molar-refractivity contribution in [3.63, 3.8) is 0 Å². The number of amides is 2. The molecule has 1 spiro atoms. The molecule has 130 valence electrons. The second-order valence-corrected chi connectivity index (χ2v) is 6.58. The van der Waals surface area contributed by atoms with Crippen LogP contribution in [-0.2, 0) is 4.74 Å². The van der Waals surface area contributed by atoms with Crippen molar-refractivity contribution in [3.05, 3.63) is 36.2 Å². The van der Waals surface area contributed by atoms with Crippen molar-refractivity contribution in [1.82, 2.24) is 25.0 Å². The molecule has 4 rings (SSSR count). The van der Waals surface area contributed by atoms with E-state index in [0.29, 0.717) is 43.9 Å². The lowest BCUT2D eigenvalue weighted by molar-refractivity contribution is 0.00320. The molecule has 2 aromatic rings. The van der Waals surface area contributed by atoms with Crippen molar-refractivity contribution in [2.45, 2.75) is 18.4 Å². The Morgan fingerprint density at radius 2 is 2.04 bits per heavy atom. The number of aromatic amines is 1. The molecule has 8 heteroatoms. The molecule has 0 bridgehead atoms. The third-order valence-corrected chi connectivity index (χ3v) is 4.93. The van der Waals surface area contributed by atoms with Crippen molar-refractivity contribution in [2.75, 3.05) is 26.7 Å². The van der Waals surface area contributed by atoms with Crippen molar-refractivity contribution < 1.29 is 14.3 Å². The average molecular weight is 341 g/mol. The van der Waals surface area contributed by atoms with E-state index in [1.54, 1.807) is 18.0 Å². The Hall–Kier alpha value is -2.90. The van der Waals surface area contributed by atoms with Gasteiger partial charge < -0.3 is 14.5 Å². The number of hydrogen-bond donors (Lipinski definition) is 1.